The van der Waals surface area contributed by atoms with Crippen LogP contribution in [0.25, 0.3) is 11.4 Å². The summed E-state index contributed by atoms with van der Waals surface area (Å²) in [4.78, 5) is 12.8. The second kappa shape index (κ2) is 7.99. The quantitative estimate of drug-likeness (QED) is 0.699. The fourth-order valence-electron chi connectivity index (χ4n) is 2.99. The van der Waals surface area contributed by atoms with E-state index in [0.717, 1.165) is 22.4 Å². The van der Waals surface area contributed by atoms with Gasteiger partial charge in [0.25, 0.3) is 5.91 Å². The minimum atomic E-state index is -0.184. The first-order valence-electron chi connectivity index (χ1n) is 8.79. The number of rotatable bonds is 6. The highest BCUT2D eigenvalue weighted by atomic mass is 16.5. The summed E-state index contributed by atoms with van der Waals surface area (Å²) in [5, 5.41) is 16.9. The zero-order valence-corrected chi connectivity index (χ0v) is 15.9. The Labute approximate surface area is 158 Å². The van der Waals surface area contributed by atoms with Crippen LogP contribution in [0.3, 0.4) is 0 Å². The van der Waals surface area contributed by atoms with Gasteiger partial charge in [-0.2, -0.15) is 5.21 Å². The number of H-pyrrole nitrogens is 1. The first-order chi connectivity index (χ1) is 13.0. The Morgan fingerprint density at radius 2 is 2.04 bits per heavy atom. The molecular formula is C20H23N5O2. The predicted octanol–water partition coefficient (Wildman–Crippen LogP) is 3.24. The second-order valence-electron chi connectivity index (χ2n) is 6.64. The molecule has 3 rings (SSSR count). The van der Waals surface area contributed by atoms with Gasteiger partial charge in [-0.3, -0.25) is 4.79 Å². The Morgan fingerprint density at radius 1 is 1.26 bits per heavy atom. The number of carbonyl (C=O) groups excluding carboxylic acids is 1. The van der Waals surface area contributed by atoms with Gasteiger partial charge >= 0.3 is 0 Å². The normalized spacial score (nSPS) is 10.9. The summed E-state index contributed by atoms with van der Waals surface area (Å²) >= 11 is 0. The van der Waals surface area contributed by atoms with Crippen LogP contribution in [0.1, 0.15) is 46.8 Å². The molecule has 7 heteroatoms. The number of ether oxygens (including phenoxy) is 1. The van der Waals surface area contributed by atoms with Gasteiger partial charge in [0.15, 0.2) is 0 Å². The molecule has 7 nitrogen and oxygen atoms in total. The number of aromatic amines is 1. The van der Waals surface area contributed by atoms with Crippen LogP contribution in [0.15, 0.2) is 36.4 Å². The molecular weight excluding hydrogens is 342 g/mol. The molecule has 140 valence electrons. The predicted molar refractivity (Wildman–Crippen MR) is 103 cm³/mol. The van der Waals surface area contributed by atoms with Crippen LogP contribution in [0, 0.1) is 6.92 Å². The molecule has 1 heterocycles. The molecule has 0 unspecified atom stereocenters. The van der Waals surface area contributed by atoms with E-state index in [-0.39, 0.29) is 5.91 Å². The topological polar surface area (TPSA) is 92.8 Å². The first-order valence-corrected chi connectivity index (χ1v) is 8.79. The van der Waals surface area contributed by atoms with Gasteiger partial charge in [0.05, 0.1) is 12.7 Å². The van der Waals surface area contributed by atoms with E-state index in [0.29, 0.717) is 29.4 Å². The van der Waals surface area contributed by atoms with Crippen LogP contribution in [-0.4, -0.2) is 33.6 Å². The molecule has 0 aliphatic rings. The highest BCUT2D eigenvalue weighted by Crippen LogP contribution is 2.29. The van der Waals surface area contributed by atoms with Crippen LogP contribution in [0.5, 0.6) is 5.75 Å². The zero-order valence-electron chi connectivity index (χ0n) is 15.9. The highest BCUT2D eigenvalue weighted by Gasteiger charge is 2.16. The molecule has 0 atom stereocenters. The number of nitrogens with zero attached hydrogens (tertiary/aromatic N) is 3. The molecule has 0 bridgehead atoms. The summed E-state index contributed by atoms with van der Waals surface area (Å²) in [6.45, 7) is 6.68. The Bertz CT molecular complexity index is 936. The maximum absolute atomic E-state index is 12.8. The summed E-state index contributed by atoms with van der Waals surface area (Å²) in [6.07, 6.45) is 0. The molecule has 27 heavy (non-hydrogen) atoms. The van der Waals surface area contributed by atoms with Crippen molar-refractivity contribution in [3.05, 3.63) is 58.7 Å². The van der Waals surface area contributed by atoms with Crippen LogP contribution >= 0.6 is 0 Å². The lowest BCUT2D eigenvalue weighted by atomic mass is 9.96. The third-order valence-corrected chi connectivity index (χ3v) is 4.51. The minimum Gasteiger partial charge on any atom is -0.496 e. The SMILES string of the molecule is COc1cc(C)c(CNC(=O)c2ccccc2-c2nn[nH]n2)cc1C(C)C. The number of benzene rings is 2. The fourth-order valence-corrected chi connectivity index (χ4v) is 2.99. The van der Waals surface area contributed by atoms with E-state index in [4.69, 9.17) is 4.74 Å². The van der Waals surface area contributed by atoms with E-state index < -0.39 is 0 Å². The number of aromatic nitrogens is 4. The average Bonchev–Trinajstić information content (AvgIpc) is 3.21. The lowest BCUT2D eigenvalue weighted by Crippen LogP contribution is -2.24. The molecule has 0 saturated heterocycles. The van der Waals surface area contributed by atoms with Gasteiger partial charge in [-0.05, 0) is 52.9 Å². The van der Waals surface area contributed by atoms with E-state index in [1.165, 1.54) is 0 Å². The van der Waals surface area contributed by atoms with Crippen LogP contribution < -0.4 is 10.1 Å². The van der Waals surface area contributed by atoms with Gasteiger partial charge < -0.3 is 10.1 Å². The number of amides is 1. The Balaban J connectivity index is 1.82. The Kier molecular flexibility index (Phi) is 5.49. The number of nitrogens with one attached hydrogen (secondary N) is 2. The minimum absolute atomic E-state index is 0.184. The number of aryl methyl sites for hydroxylation is 1. The fraction of sp³-hybridized carbons (Fsp3) is 0.300. The monoisotopic (exact) mass is 365 g/mol. The van der Waals surface area contributed by atoms with Gasteiger partial charge in [0.1, 0.15) is 5.75 Å². The summed E-state index contributed by atoms with van der Waals surface area (Å²) in [6, 6.07) is 11.3. The summed E-state index contributed by atoms with van der Waals surface area (Å²) < 4.78 is 5.48. The van der Waals surface area contributed by atoms with Crippen molar-refractivity contribution in [2.75, 3.05) is 7.11 Å². The maximum Gasteiger partial charge on any atom is 0.252 e. The van der Waals surface area contributed by atoms with E-state index in [1.54, 1.807) is 19.2 Å². The third kappa shape index (κ3) is 3.97. The van der Waals surface area contributed by atoms with Crippen molar-refractivity contribution >= 4 is 5.91 Å². The van der Waals surface area contributed by atoms with Crippen molar-refractivity contribution in [2.45, 2.75) is 33.2 Å². The largest absolute Gasteiger partial charge is 0.496 e. The molecule has 0 aliphatic carbocycles. The Morgan fingerprint density at radius 3 is 2.70 bits per heavy atom. The van der Waals surface area contributed by atoms with Crippen molar-refractivity contribution in [3.63, 3.8) is 0 Å². The number of hydrogen-bond donors (Lipinski definition) is 2. The van der Waals surface area contributed by atoms with Gasteiger partial charge in [-0.15, -0.1) is 10.2 Å². The Hall–Kier alpha value is -3.22. The zero-order chi connectivity index (χ0) is 19.4. The summed E-state index contributed by atoms with van der Waals surface area (Å²) in [7, 11) is 1.68. The smallest absolute Gasteiger partial charge is 0.252 e. The molecule has 0 saturated carbocycles. The lowest BCUT2D eigenvalue weighted by molar-refractivity contribution is 0.0951. The van der Waals surface area contributed by atoms with Crippen molar-refractivity contribution < 1.29 is 9.53 Å². The van der Waals surface area contributed by atoms with E-state index in [9.17, 15) is 4.79 Å². The maximum atomic E-state index is 12.8. The van der Waals surface area contributed by atoms with E-state index in [1.807, 2.05) is 25.1 Å². The average molecular weight is 365 g/mol. The molecule has 0 aliphatic heterocycles. The molecule has 0 spiro atoms. The van der Waals surface area contributed by atoms with Crippen molar-refractivity contribution in [2.24, 2.45) is 0 Å². The summed E-state index contributed by atoms with van der Waals surface area (Å²) in [5.41, 5.74) is 4.40. The van der Waals surface area contributed by atoms with Crippen LogP contribution in [-0.2, 0) is 6.54 Å². The molecule has 0 radical (unpaired) electrons. The lowest BCUT2D eigenvalue weighted by Gasteiger charge is -2.17. The molecule has 0 fully saturated rings. The third-order valence-electron chi connectivity index (χ3n) is 4.51. The van der Waals surface area contributed by atoms with E-state index >= 15 is 0 Å². The van der Waals surface area contributed by atoms with Crippen molar-refractivity contribution in [1.82, 2.24) is 25.9 Å². The number of tetrazole rings is 1. The summed E-state index contributed by atoms with van der Waals surface area (Å²) in [5.74, 6) is 1.41. The van der Waals surface area contributed by atoms with Crippen LogP contribution in [0.4, 0.5) is 0 Å². The van der Waals surface area contributed by atoms with Gasteiger partial charge in [-0.1, -0.05) is 32.0 Å². The van der Waals surface area contributed by atoms with Crippen LogP contribution in [0.2, 0.25) is 0 Å². The molecule has 1 amide bonds. The number of hydrogen-bond acceptors (Lipinski definition) is 5. The van der Waals surface area contributed by atoms with Gasteiger partial charge in [0, 0.05) is 12.1 Å². The van der Waals surface area contributed by atoms with Crippen molar-refractivity contribution in [1.29, 1.82) is 0 Å². The van der Waals surface area contributed by atoms with Gasteiger partial charge in [-0.25, -0.2) is 0 Å². The highest BCUT2D eigenvalue weighted by molar-refractivity contribution is 6.00. The van der Waals surface area contributed by atoms with Crippen molar-refractivity contribution in [3.8, 4) is 17.1 Å². The molecule has 3 aromatic rings. The van der Waals surface area contributed by atoms with E-state index in [2.05, 4.69) is 45.9 Å². The molecule has 2 aromatic carbocycles. The number of methoxy groups -OCH3 is 1. The number of carbonyl (C=O) groups is 1. The first kappa shape index (κ1) is 18.6. The standard InChI is InChI=1S/C20H23N5O2/c1-12(2)17-10-14(13(3)9-18(17)27-4)11-21-20(26)16-8-6-5-7-15(16)19-22-24-25-23-19/h5-10,12H,11H2,1-4H3,(H,21,26)(H,22,23,24,25). The van der Waals surface area contributed by atoms with Gasteiger partial charge in [0.2, 0.25) is 5.82 Å². The molecule has 1 aromatic heterocycles. The molecule has 2 N–H and O–H groups in total. The second-order valence-corrected chi connectivity index (χ2v) is 6.64.